The minimum atomic E-state index is -0.520. The van der Waals surface area contributed by atoms with E-state index in [1.165, 1.54) is 12.1 Å². The Morgan fingerprint density at radius 3 is 2.45 bits per heavy atom. The minimum absolute atomic E-state index is 0.0821. The summed E-state index contributed by atoms with van der Waals surface area (Å²) in [4.78, 5) is 8.79. The smallest absolute Gasteiger partial charge is 0.241 e. The number of para-hydroxylation sites is 2. The molecule has 1 heterocycles. The number of anilines is 1. The van der Waals surface area contributed by atoms with Crippen LogP contribution in [0.1, 0.15) is 5.69 Å². The zero-order valence-electron chi connectivity index (χ0n) is 10.8. The molecule has 2 aromatic carbocycles. The van der Waals surface area contributed by atoms with Gasteiger partial charge in [0.2, 0.25) is 5.88 Å². The van der Waals surface area contributed by atoms with Gasteiger partial charge in [0.25, 0.3) is 0 Å². The number of aromatic nitrogens is 2. The van der Waals surface area contributed by atoms with Crippen LogP contribution in [0.5, 0.6) is 11.6 Å². The first-order valence-electron chi connectivity index (χ1n) is 6.10. The number of nitrogens with two attached hydrogens (primary N) is 1. The van der Waals surface area contributed by atoms with Crippen LogP contribution in [0.2, 0.25) is 0 Å². The molecule has 0 saturated carbocycles. The number of aryl methyl sites for hydroxylation is 1. The van der Waals surface area contributed by atoms with Gasteiger partial charge in [-0.15, -0.1) is 0 Å². The molecule has 0 aliphatic carbocycles. The topological polar surface area (TPSA) is 61.0 Å². The molecule has 0 radical (unpaired) electrons. The predicted molar refractivity (Wildman–Crippen MR) is 75.2 cm³/mol. The summed E-state index contributed by atoms with van der Waals surface area (Å²) in [6.07, 6.45) is 0. The molecule has 100 valence electrons. The van der Waals surface area contributed by atoms with Gasteiger partial charge in [0, 0.05) is 6.07 Å². The molecule has 0 unspecified atom stereocenters. The molecule has 0 amide bonds. The number of nitrogen functional groups attached to an aromatic ring is 1. The van der Waals surface area contributed by atoms with Crippen LogP contribution in [0.15, 0.2) is 42.5 Å². The van der Waals surface area contributed by atoms with Crippen molar-refractivity contribution in [1.82, 2.24) is 9.97 Å². The zero-order valence-corrected chi connectivity index (χ0v) is 10.8. The second-order valence-electron chi connectivity index (χ2n) is 4.39. The molecular weight excluding hydrogens is 257 g/mol. The van der Waals surface area contributed by atoms with Gasteiger partial charge in [-0.05, 0) is 31.2 Å². The van der Waals surface area contributed by atoms with Crippen molar-refractivity contribution in [3.8, 4) is 11.6 Å². The van der Waals surface area contributed by atoms with E-state index in [9.17, 15) is 4.39 Å². The molecule has 5 heteroatoms. The maximum atomic E-state index is 13.4. The van der Waals surface area contributed by atoms with Crippen molar-refractivity contribution >= 4 is 16.7 Å². The van der Waals surface area contributed by atoms with Crippen LogP contribution in [0, 0.1) is 12.7 Å². The normalized spacial score (nSPS) is 10.7. The van der Waals surface area contributed by atoms with Crippen LogP contribution in [0.3, 0.4) is 0 Å². The molecule has 0 spiro atoms. The van der Waals surface area contributed by atoms with E-state index in [2.05, 4.69) is 9.97 Å². The lowest BCUT2D eigenvalue weighted by Crippen LogP contribution is -1.97. The number of hydrogen-bond donors (Lipinski definition) is 1. The van der Waals surface area contributed by atoms with Gasteiger partial charge < -0.3 is 10.5 Å². The number of ether oxygens (including phenoxy) is 1. The Morgan fingerprint density at radius 1 is 1.05 bits per heavy atom. The highest BCUT2D eigenvalue weighted by Gasteiger charge is 2.08. The average molecular weight is 269 g/mol. The average Bonchev–Trinajstić information content (AvgIpc) is 2.44. The van der Waals surface area contributed by atoms with Gasteiger partial charge in [-0.2, -0.15) is 0 Å². The first-order valence-corrected chi connectivity index (χ1v) is 6.10. The number of rotatable bonds is 2. The van der Waals surface area contributed by atoms with Crippen molar-refractivity contribution in [2.45, 2.75) is 6.92 Å². The quantitative estimate of drug-likeness (QED) is 0.724. The fourth-order valence-electron chi connectivity index (χ4n) is 1.85. The monoisotopic (exact) mass is 269 g/mol. The summed E-state index contributed by atoms with van der Waals surface area (Å²) in [5.74, 6) is 0.172. The summed E-state index contributed by atoms with van der Waals surface area (Å²) < 4.78 is 19.0. The van der Waals surface area contributed by atoms with Gasteiger partial charge in [0.15, 0.2) is 0 Å². The fourth-order valence-corrected chi connectivity index (χ4v) is 1.85. The Kier molecular flexibility index (Phi) is 2.95. The van der Waals surface area contributed by atoms with E-state index in [1.807, 2.05) is 24.3 Å². The molecule has 3 rings (SSSR count). The van der Waals surface area contributed by atoms with Crippen molar-refractivity contribution in [3.63, 3.8) is 0 Å². The van der Waals surface area contributed by atoms with Crippen LogP contribution in [-0.2, 0) is 0 Å². The summed E-state index contributed by atoms with van der Waals surface area (Å²) in [6.45, 7) is 1.79. The molecule has 1 aromatic heterocycles. The van der Waals surface area contributed by atoms with Gasteiger partial charge in [-0.25, -0.2) is 14.4 Å². The highest BCUT2D eigenvalue weighted by atomic mass is 19.1. The number of nitrogens with zero attached hydrogens (tertiary/aromatic N) is 2. The van der Waals surface area contributed by atoms with Crippen molar-refractivity contribution in [2.24, 2.45) is 0 Å². The van der Waals surface area contributed by atoms with Gasteiger partial charge in [0.1, 0.15) is 17.3 Å². The summed E-state index contributed by atoms with van der Waals surface area (Å²) >= 11 is 0. The van der Waals surface area contributed by atoms with Gasteiger partial charge in [0.05, 0.1) is 16.7 Å². The van der Waals surface area contributed by atoms with E-state index in [1.54, 1.807) is 13.0 Å². The predicted octanol–water partition coefficient (Wildman–Crippen LogP) is 3.45. The summed E-state index contributed by atoms with van der Waals surface area (Å²) in [6, 6.07) is 11.8. The lowest BCUT2D eigenvalue weighted by Gasteiger charge is -2.09. The molecule has 2 N–H and O–H groups in total. The largest absolute Gasteiger partial charge is 0.437 e. The Labute approximate surface area is 115 Å². The van der Waals surface area contributed by atoms with E-state index < -0.39 is 5.82 Å². The first kappa shape index (κ1) is 12.3. The molecule has 0 bridgehead atoms. The Hall–Kier alpha value is -2.69. The lowest BCUT2D eigenvalue weighted by atomic mass is 10.3. The Morgan fingerprint density at radius 2 is 1.75 bits per heavy atom. The molecule has 3 aromatic rings. The van der Waals surface area contributed by atoms with E-state index in [0.29, 0.717) is 17.3 Å². The van der Waals surface area contributed by atoms with Crippen LogP contribution in [0.4, 0.5) is 10.1 Å². The van der Waals surface area contributed by atoms with E-state index in [-0.39, 0.29) is 5.69 Å². The van der Waals surface area contributed by atoms with E-state index in [0.717, 1.165) is 11.0 Å². The van der Waals surface area contributed by atoms with Crippen molar-refractivity contribution in [1.29, 1.82) is 0 Å². The highest BCUT2D eigenvalue weighted by Crippen LogP contribution is 2.26. The fraction of sp³-hybridized carbons (Fsp3) is 0.0667. The molecule has 0 atom stereocenters. The summed E-state index contributed by atoms with van der Waals surface area (Å²) in [5, 5.41) is 0. The number of hydrogen-bond acceptors (Lipinski definition) is 4. The SMILES string of the molecule is Cc1nc2ccccc2nc1Oc1ccc(N)c(F)c1. The Balaban J connectivity index is 2.01. The number of fused-ring (bicyclic) bond motifs is 1. The molecule has 0 saturated heterocycles. The maximum absolute atomic E-state index is 13.4. The van der Waals surface area contributed by atoms with Gasteiger partial charge in [-0.1, -0.05) is 12.1 Å². The zero-order chi connectivity index (χ0) is 14.1. The third-order valence-electron chi connectivity index (χ3n) is 2.89. The summed E-state index contributed by atoms with van der Waals surface area (Å²) in [5.41, 5.74) is 7.67. The van der Waals surface area contributed by atoms with Gasteiger partial charge in [-0.3, -0.25) is 0 Å². The molecule has 0 aliphatic heterocycles. The molecule has 20 heavy (non-hydrogen) atoms. The highest BCUT2D eigenvalue weighted by molar-refractivity contribution is 5.74. The van der Waals surface area contributed by atoms with Crippen LogP contribution < -0.4 is 10.5 Å². The van der Waals surface area contributed by atoms with Crippen molar-refractivity contribution in [3.05, 3.63) is 54.0 Å². The molecule has 0 fully saturated rings. The minimum Gasteiger partial charge on any atom is -0.437 e. The maximum Gasteiger partial charge on any atom is 0.241 e. The number of benzene rings is 2. The first-order chi connectivity index (χ1) is 9.63. The van der Waals surface area contributed by atoms with Gasteiger partial charge >= 0.3 is 0 Å². The molecular formula is C15H12FN3O. The van der Waals surface area contributed by atoms with E-state index >= 15 is 0 Å². The standard InChI is InChI=1S/C15H12FN3O/c1-9-15(19-14-5-3-2-4-13(14)18-9)20-10-6-7-12(17)11(16)8-10/h2-8H,17H2,1H3. The van der Waals surface area contributed by atoms with Crippen LogP contribution in [0.25, 0.3) is 11.0 Å². The third-order valence-corrected chi connectivity index (χ3v) is 2.89. The molecule has 0 aliphatic rings. The third kappa shape index (κ3) is 2.25. The molecule has 4 nitrogen and oxygen atoms in total. The van der Waals surface area contributed by atoms with E-state index in [4.69, 9.17) is 10.5 Å². The lowest BCUT2D eigenvalue weighted by molar-refractivity contribution is 0.454. The number of halogens is 1. The van der Waals surface area contributed by atoms with Crippen LogP contribution >= 0.6 is 0 Å². The second-order valence-corrected chi connectivity index (χ2v) is 4.39. The second kappa shape index (κ2) is 4.77. The van der Waals surface area contributed by atoms with Crippen molar-refractivity contribution < 1.29 is 9.13 Å². The van der Waals surface area contributed by atoms with Crippen LogP contribution in [-0.4, -0.2) is 9.97 Å². The Bertz CT molecular complexity index is 789. The summed E-state index contributed by atoms with van der Waals surface area (Å²) in [7, 11) is 0. The van der Waals surface area contributed by atoms with Crippen molar-refractivity contribution in [2.75, 3.05) is 5.73 Å².